The van der Waals surface area contributed by atoms with Crippen LogP contribution in [-0.2, 0) is 20.7 Å². The van der Waals surface area contributed by atoms with Crippen LogP contribution >= 0.6 is 0 Å². The maximum absolute atomic E-state index is 11.3. The highest BCUT2D eigenvalue weighted by atomic mass is 16.5. The van der Waals surface area contributed by atoms with Gasteiger partial charge in [-0.05, 0) is 31.0 Å². The fraction of sp³-hybridized carbons (Fsp3) is 0.533. The second-order valence-corrected chi connectivity index (χ2v) is 4.38. The topological polar surface area (TPSA) is 70.8 Å². The molecule has 0 bridgehead atoms. The Morgan fingerprint density at radius 2 is 1.95 bits per heavy atom. The van der Waals surface area contributed by atoms with Crippen LogP contribution in [0.3, 0.4) is 0 Å². The van der Waals surface area contributed by atoms with Crippen LogP contribution in [0.2, 0.25) is 0 Å². The molecule has 0 heterocycles. The van der Waals surface area contributed by atoms with Gasteiger partial charge in [0.1, 0.15) is 11.8 Å². The summed E-state index contributed by atoms with van der Waals surface area (Å²) >= 11 is 0. The summed E-state index contributed by atoms with van der Waals surface area (Å²) < 4.78 is 15.4. The largest absolute Gasteiger partial charge is 0.494 e. The van der Waals surface area contributed by atoms with E-state index in [4.69, 9.17) is 19.9 Å². The van der Waals surface area contributed by atoms with E-state index in [9.17, 15) is 4.79 Å². The first-order valence-electron chi connectivity index (χ1n) is 6.80. The van der Waals surface area contributed by atoms with Crippen LogP contribution in [0.5, 0.6) is 5.75 Å². The second-order valence-electron chi connectivity index (χ2n) is 4.38. The van der Waals surface area contributed by atoms with Gasteiger partial charge in [-0.25, -0.2) is 0 Å². The van der Waals surface area contributed by atoms with Crippen LogP contribution in [0, 0.1) is 0 Å². The Balaban J connectivity index is 2.29. The Labute approximate surface area is 120 Å². The normalized spacial score (nSPS) is 11.9. The fourth-order valence-corrected chi connectivity index (χ4v) is 1.64. The summed E-state index contributed by atoms with van der Waals surface area (Å²) in [6.07, 6.45) is 1.31. The van der Waals surface area contributed by atoms with Crippen molar-refractivity contribution in [3.63, 3.8) is 0 Å². The number of hydrogen-bond donors (Lipinski definition) is 1. The smallest absolute Gasteiger partial charge is 0.323 e. The van der Waals surface area contributed by atoms with Crippen LogP contribution < -0.4 is 10.5 Å². The SMILES string of the molecule is CCOC(=O)C(N)CCOc1ccc(CCOC)cc1. The number of nitrogens with two attached hydrogens (primary N) is 1. The van der Waals surface area contributed by atoms with Gasteiger partial charge in [0.05, 0.1) is 19.8 Å². The minimum Gasteiger partial charge on any atom is -0.494 e. The van der Waals surface area contributed by atoms with Gasteiger partial charge in [-0.2, -0.15) is 0 Å². The van der Waals surface area contributed by atoms with Gasteiger partial charge in [0.2, 0.25) is 0 Å². The third kappa shape index (κ3) is 6.04. The Bertz CT molecular complexity index is 391. The van der Waals surface area contributed by atoms with E-state index in [0.29, 0.717) is 26.2 Å². The summed E-state index contributed by atoms with van der Waals surface area (Å²) in [5.41, 5.74) is 6.87. The van der Waals surface area contributed by atoms with Crippen LogP contribution in [0.15, 0.2) is 24.3 Å². The summed E-state index contributed by atoms with van der Waals surface area (Å²) in [6, 6.07) is 7.18. The van der Waals surface area contributed by atoms with Gasteiger partial charge in [0.15, 0.2) is 0 Å². The van der Waals surface area contributed by atoms with Gasteiger partial charge < -0.3 is 19.9 Å². The lowest BCUT2D eigenvalue weighted by Gasteiger charge is -2.11. The number of hydrogen-bond acceptors (Lipinski definition) is 5. The summed E-state index contributed by atoms with van der Waals surface area (Å²) in [5.74, 6) is 0.383. The number of ether oxygens (including phenoxy) is 3. The highest BCUT2D eigenvalue weighted by Gasteiger charge is 2.14. The van der Waals surface area contributed by atoms with Crippen molar-refractivity contribution in [3.05, 3.63) is 29.8 Å². The number of carbonyl (C=O) groups excluding carboxylic acids is 1. The van der Waals surface area contributed by atoms with Crippen LogP contribution in [0.4, 0.5) is 0 Å². The zero-order valence-electron chi connectivity index (χ0n) is 12.1. The van der Waals surface area contributed by atoms with Crippen LogP contribution in [0.25, 0.3) is 0 Å². The van der Waals surface area contributed by atoms with Gasteiger partial charge in [0.25, 0.3) is 0 Å². The lowest BCUT2D eigenvalue weighted by Crippen LogP contribution is -2.33. The average Bonchev–Trinajstić information content (AvgIpc) is 2.46. The Kier molecular flexibility index (Phi) is 7.69. The van der Waals surface area contributed by atoms with Crippen molar-refractivity contribution >= 4 is 5.97 Å². The molecule has 0 saturated carbocycles. The van der Waals surface area contributed by atoms with E-state index in [-0.39, 0.29) is 5.97 Å². The molecule has 0 spiro atoms. The van der Waals surface area contributed by atoms with Crippen molar-refractivity contribution in [3.8, 4) is 5.75 Å². The zero-order chi connectivity index (χ0) is 14.8. The summed E-state index contributed by atoms with van der Waals surface area (Å²) in [7, 11) is 1.68. The van der Waals surface area contributed by atoms with Crippen LogP contribution in [0.1, 0.15) is 18.9 Å². The minimum absolute atomic E-state index is 0.344. The van der Waals surface area contributed by atoms with E-state index in [1.807, 2.05) is 24.3 Å². The molecule has 5 nitrogen and oxygen atoms in total. The third-order valence-corrected chi connectivity index (χ3v) is 2.81. The molecule has 5 heteroatoms. The van der Waals surface area contributed by atoms with E-state index in [1.165, 1.54) is 5.56 Å². The Morgan fingerprint density at radius 3 is 2.55 bits per heavy atom. The first-order chi connectivity index (χ1) is 9.67. The lowest BCUT2D eigenvalue weighted by molar-refractivity contribution is -0.145. The first kappa shape index (κ1) is 16.5. The standard InChI is InChI=1S/C15H23NO4/c1-3-19-15(17)14(16)9-11-20-13-6-4-12(5-7-13)8-10-18-2/h4-7,14H,3,8-11,16H2,1-2H3. The van der Waals surface area contributed by atoms with Gasteiger partial charge >= 0.3 is 5.97 Å². The van der Waals surface area contributed by atoms with Crippen molar-refractivity contribution in [1.82, 2.24) is 0 Å². The monoisotopic (exact) mass is 281 g/mol. The van der Waals surface area contributed by atoms with Crippen molar-refractivity contribution in [2.24, 2.45) is 5.73 Å². The molecule has 0 saturated heterocycles. The van der Waals surface area contributed by atoms with Crippen molar-refractivity contribution in [1.29, 1.82) is 0 Å². The number of carbonyl (C=O) groups is 1. The molecule has 0 aliphatic carbocycles. The van der Waals surface area contributed by atoms with Crippen molar-refractivity contribution in [2.45, 2.75) is 25.8 Å². The molecule has 1 aromatic carbocycles. The van der Waals surface area contributed by atoms with E-state index in [1.54, 1.807) is 14.0 Å². The maximum atomic E-state index is 11.3. The zero-order valence-corrected chi connectivity index (χ0v) is 12.1. The van der Waals surface area contributed by atoms with Crippen LogP contribution in [-0.4, -0.2) is 38.9 Å². The Morgan fingerprint density at radius 1 is 1.25 bits per heavy atom. The summed E-state index contributed by atoms with van der Waals surface area (Å²) in [4.78, 5) is 11.3. The molecule has 0 aliphatic rings. The highest BCUT2D eigenvalue weighted by molar-refractivity contribution is 5.75. The van der Waals surface area contributed by atoms with E-state index in [0.717, 1.165) is 12.2 Å². The summed E-state index contributed by atoms with van der Waals surface area (Å²) in [6.45, 7) is 3.19. The van der Waals surface area contributed by atoms with Crippen molar-refractivity contribution < 1.29 is 19.0 Å². The quantitative estimate of drug-likeness (QED) is 0.695. The first-order valence-corrected chi connectivity index (χ1v) is 6.80. The fourth-order valence-electron chi connectivity index (χ4n) is 1.64. The highest BCUT2D eigenvalue weighted by Crippen LogP contribution is 2.13. The molecule has 0 aromatic heterocycles. The third-order valence-electron chi connectivity index (χ3n) is 2.81. The summed E-state index contributed by atoms with van der Waals surface area (Å²) in [5, 5.41) is 0. The maximum Gasteiger partial charge on any atom is 0.323 e. The molecule has 2 N–H and O–H groups in total. The molecule has 1 unspecified atom stereocenters. The number of methoxy groups -OCH3 is 1. The van der Waals surface area contributed by atoms with Gasteiger partial charge in [-0.1, -0.05) is 12.1 Å². The van der Waals surface area contributed by atoms with Crippen molar-refractivity contribution in [2.75, 3.05) is 26.9 Å². The average molecular weight is 281 g/mol. The molecule has 112 valence electrons. The molecule has 0 amide bonds. The molecule has 0 fully saturated rings. The molecule has 1 atom stereocenters. The molecular weight excluding hydrogens is 258 g/mol. The molecule has 0 radical (unpaired) electrons. The van der Waals surface area contributed by atoms with E-state index >= 15 is 0 Å². The predicted octanol–water partition coefficient (Wildman–Crippen LogP) is 1.53. The van der Waals surface area contributed by atoms with Gasteiger partial charge in [-0.15, -0.1) is 0 Å². The lowest BCUT2D eigenvalue weighted by atomic mass is 10.1. The van der Waals surface area contributed by atoms with E-state index in [2.05, 4.69) is 0 Å². The minimum atomic E-state index is -0.629. The molecule has 1 aromatic rings. The molecular formula is C15H23NO4. The molecule has 20 heavy (non-hydrogen) atoms. The number of benzene rings is 1. The number of esters is 1. The van der Waals surface area contributed by atoms with E-state index < -0.39 is 6.04 Å². The molecule has 0 aliphatic heterocycles. The van der Waals surface area contributed by atoms with Gasteiger partial charge in [-0.3, -0.25) is 4.79 Å². The molecule has 1 rings (SSSR count). The number of rotatable bonds is 9. The predicted molar refractivity (Wildman–Crippen MR) is 76.7 cm³/mol. The Hall–Kier alpha value is -1.59. The van der Waals surface area contributed by atoms with Gasteiger partial charge in [0, 0.05) is 13.5 Å². The second kappa shape index (κ2) is 9.34.